The lowest BCUT2D eigenvalue weighted by atomic mass is 9.98. The van der Waals surface area contributed by atoms with Gasteiger partial charge in [-0.15, -0.1) is 0 Å². The number of nitrogen functional groups attached to an aromatic ring is 1. The minimum atomic E-state index is 0.175. The number of nitrogens with zero attached hydrogens (tertiary/aromatic N) is 2. The van der Waals surface area contributed by atoms with Crippen LogP contribution in [0, 0.1) is 11.3 Å². The number of benzene rings is 2. The normalized spacial score (nSPS) is 10.6. The van der Waals surface area contributed by atoms with Gasteiger partial charge in [0, 0.05) is 11.1 Å². The summed E-state index contributed by atoms with van der Waals surface area (Å²) in [5.41, 5.74) is 9.41. The molecule has 0 amide bonds. The fourth-order valence-electron chi connectivity index (χ4n) is 3.34. The molecule has 0 aliphatic rings. The summed E-state index contributed by atoms with van der Waals surface area (Å²) in [6.45, 7) is 2.91. The zero-order valence-corrected chi connectivity index (χ0v) is 19.0. The lowest BCUT2D eigenvalue weighted by Crippen LogP contribution is -2.00. The SMILES string of the molecule is CCCCCCCOc1ccc(-c2cc(-c3ccc(Cl)c(Cl)c3)nc(N)c2C#N)cc1. The van der Waals surface area contributed by atoms with Crippen molar-refractivity contribution in [3.8, 4) is 34.2 Å². The van der Waals surface area contributed by atoms with Crippen molar-refractivity contribution in [1.29, 1.82) is 5.26 Å². The molecule has 2 N–H and O–H groups in total. The summed E-state index contributed by atoms with van der Waals surface area (Å²) in [5.74, 6) is 0.984. The number of rotatable bonds is 9. The maximum Gasteiger partial charge on any atom is 0.142 e. The van der Waals surface area contributed by atoms with Crippen molar-refractivity contribution < 1.29 is 4.74 Å². The van der Waals surface area contributed by atoms with Gasteiger partial charge in [-0.25, -0.2) is 4.98 Å². The Morgan fingerprint density at radius 3 is 2.32 bits per heavy atom. The van der Waals surface area contributed by atoms with Gasteiger partial charge in [-0.05, 0) is 42.3 Å². The van der Waals surface area contributed by atoms with Crippen molar-refractivity contribution >= 4 is 29.0 Å². The van der Waals surface area contributed by atoms with Crippen LogP contribution in [-0.2, 0) is 0 Å². The minimum Gasteiger partial charge on any atom is -0.494 e. The van der Waals surface area contributed by atoms with Gasteiger partial charge in [0.1, 0.15) is 23.2 Å². The van der Waals surface area contributed by atoms with Gasteiger partial charge >= 0.3 is 0 Å². The third-order valence-corrected chi connectivity index (χ3v) is 5.80. The molecule has 2 aromatic carbocycles. The van der Waals surface area contributed by atoms with Crippen LogP contribution in [0.4, 0.5) is 5.82 Å². The van der Waals surface area contributed by atoms with E-state index < -0.39 is 0 Å². The summed E-state index contributed by atoms with van der Waals surface area (Å²) >= 11 is 12.2. The topological polar surface area (TPSA) is 71.9 Å². The minimum absolute atomic E-state index is 0.175. The van der Waals surface area contributed by atoms with Gasteiger partial charge in [0.15, 0.2) is 0 Å². The molecule has 1 heterocycles. The monoisotopic (exact) mass is 453 g/mol. The fraction of sp³-hybridized carbons (Fsp3) is 0.280. The first-order chi connectivity index (χ1) is 15.0. The number of ether oxygens (including phenoxy) is 1. The van der Waals surface area contributed by atoms with E-state index in [4.69, 9.17) is 33.7 Å². The summed E-state index contributed by atoms with van der Waals surface area (Å²) in [5, 5.41) is 10.5. The molecule has 0 saturated heterocycles. The Labute approximate surface area is 193 Å². The van der Waals surface area contributed by atoms with E-state index in [1.807, 2.05) is 36.4 Å². The maximum atomic E-state index is 9.63. The molecule has 31 heavy (non-hydrogen) atoms. The molecule has 0 unspecified atom stereocenters. The van der Waals surface area contributed by atoms with Crippen molar-refractivity contribution in [2.45, 2.75) is 39.0 Å². The smallest absolute Gasteiger partial charge is 0.142 e. The largest absolute Gasteiger partial charge is 0.494 e. The Kier molecular flexibility index (Phi) is 8.17. The van der Waals surface area contributed by atoms with Crippen LogP contribution in [-0.4, -0.2) is 11.6 Å². The zero-order chi connectivity index (χ0) is 22.2. The van der Waals surface area contributed by atoms with E-state index >= 15 is 0 Å². The van der Waals surface area contributed by atoms with E-state index in [2.05, 4.69) is 18.0 Å². The first-order valence-electron chi connectivity index (χ1n) is 10.4. The Morgan fingerprint density at radius 1 is 0.935 bits per heavy atom. The molecule has 0 radical (unpaired) electrons. The molecule has 0 spiro atoms. The number of anilines is 1. The van der Waals surface area contributed by atoms with Gasteiger partial charge < -0.3 is 10.5 Å². The van der Waals surface area contributed by atoms with E-state index in [1.54, 1.807) is 12.1 Å². The molecule has 0 aliphatic heterocycles. The van der Waals surface area contributed by atoms with E-state index in [1.165, 1.54) is 25.7 Å². The van der Waals surface area contributed by atoms with Gasteiger partial charge in [-0.3, -0.25) is 0 Å². The average Bonchev–Trinajstić information content (AvgIpc) is 2.78. The highest BCUT2D eigenvalue weighted by molar-refractivity contribution is 6.42. The second kappa shape index (κ2) is 11.0. The lowest BCUT2D eigenvalue weighted by Gasteiger charge is -2.12. The van der Waals surface area contributed by atoms with Crippen molar-refractivity contribution in [2.24, 2.45) is 0 Å². The van der Waals surface area contributed by atoms with Gasteiger partial charge in [-0.1, -0.05) is 74.0 Å². The van der Waals surface area contributed by atoms with Crippen molar-refractivity contribution in [3.63, 3.8) is 0 Å². The lowest BCUT2D eigenvalue weighted by molar-refractivity contribution is 0.304. The van der Waals surface area contributed by atoms with Crippen LogP contribution in [0.1, 0.15) is 44.6 Å². The van der Waals surface area contributed by atoms with Crippen LogP contribution in [0.15, 0.2) is 48.5 Å². The zero-order valence-electron chi connectivity index (χ0n) is 17.5. The predicted molar refractivity (Wildman–Crippen MR) is 129 cm³/mol. The summed E-state index contributed by atoms with van der Waals surface area (Å²) in [6.07, 6.45) is 5.99. The van der Waals surface area contributed by atoms with Crippen LogP contribution in [0.25, 0.3) is 22.4 Å². The van der Waals surface area contributed by atoms with E-state index in [-0.39, 0.29) is 5.82 Å². The average molecular weight is 454 g/mol. The summed E-state index contributed by atoms with van der Waals surface area (Å²) in [6, 6.07) is 17.0. The summed E-state index contributed by atoms with van der Waals surface area (Å²) < 4.78 is 5.85. The summed E-state index contributed by atoms with van der Waals surface area (Å²) in [7, 11) is 0. The molecule has 0 bridgehead atoms. The molecular weight excluding hydrogens is 429 g/mol. The highest BCUT2D eigenvalue weighted by Gasteiger charge is 2.14. The number of nitriles is 1. The van der Waals surface area contributed by atoms with Gasteiger partial charge in [0.2, 0.25) is 0 Å². The van der Waals surface area contributed by atoms with Gasteiger partial charge in [0.25, 0.3) is 0 Å². The number of aromatic nitrogens is 1. The Bertz CT molecular complexity index is 1080. The number of unbranched alkanes of at least 4 members (excludes halogenated alkanes) is 4. The quantitative estimate of drug-likeness (QED) is 0.339. The van der Waals surface area contributed by atoms with Crippen LogP contribution in [0.5, 0.6) is 5.75 Å². The van der Waals surface area contributed by atoms with Crippen molar-refractivity contribution in [2.75, 3.05) is 12.3 Å². The van der Waals surface area contributed by atoms with Crippen molar-refractivity contribution in [1.82, 2.24) is 4.98 Å². The maximum absolute atomic E-state index is 9.63. The molecule has 6 heteroatoms. The van der Waals surface area contributed by atoms with Crippen LogP contribution >= 0.6 is 23.2 Å². The summed E-state index contributed by atoms with van der Waals surface area (Å²) in [4.78, 5) is 4.39. The van der Waals surface area contributed by atoms with E-state index in [0.29, 0.717) is 33.5 Å². The second-order valence-electron chi connectivity index (χ2n) is 7.34. The fourth-order valence-corrected chi connectivity index (χ4v) is 3.64. The molecule has 0 aliphatic carbocycles. The highest BCUT2D eigenvalue weighted by Crippen LogP contribution is 2.34. The number of halogens is 2. The third-order valence-electron chi connectivity index (χ3n) is 5.06. The first-order valence-corrected chi connectivity index (χ1v) is 11.2. The molecule has 4 nitrogen and oxygen atoms in total. The molecule has 3 aromatic rings. The molecule has 0 saturated carbocycles. The molecule has 3 rings (SSSR count). The first kappa shape index (κ1) is 22.9. The van der Waals surface area contributed by atoms with Gasteiger partial charge in [0.05, 0.1) is 22.3 Å². The van der Waals surface area contributed by atoms with E-state index in [9.17, 15) is 5.26 Å². The molecule has 1 aromatic heterocycles. The van der Waals surface area contributed by atoms with Crippen molar-refractivity contribution in [3.05, 3.63) is 64.1 Å². The number of nitrogens with two attached hydrogens (primary N) is 1. The predicted octanol–water partition coefficient (Wildman–Crippen LogP) is 7.53. The van der Waals surface area contributed by atoms with Gasteiger partial charge in [-0.2, -0.15) is 5.26 Å². The number of pyridine rings is 1. The number of hydrogen-bond acceptors (Lipinski definition) is 4. The Morgan fingerprint density at radius 2 is 1.65 bits per heavy atom. The van der Waals surface area contributed by atoms with Crippen LogP contribution in [0.2, 0.25) is 10.0 Å². The Hall–Kier alpha value is -2.74. The van der Waals surface area contributed by atoms with Crippen LogP contribution in [0.3, 0.4) is 0 Å². The molecule has 0 fully saturated rings. The standard InChI is InChI=1S/C25H25Cl2N3O/c1-2-3-4-5-6-13-31-19-10-7-17(8-11-19)20-15-24(30-25(29)21(20)16-28)18-9-12-22(26)23(27)14-18/h7-12,14-15H,2-6,13H2,1H3,(H2,29,30). The third kappa shape index (κ3) is 5.91. The molecule has 0 atom stereocenters. The second-order valence-corrected chi connectivity index (χ2v) is 8.16. The van der Waals surface area contributed by atoms with E-state index in [0.717, 1.165) is 23.3 Å². The number of hydrogen-bond donors (Lipinski definition) is 1. The van der Waals surface area contributed by atoms with Crippen LogP contribution < -0.4 is 10.5 Å². The molecule has 160 valence electrons. The Balaban J connectivity index is 1.82. The highest BCUT2D eigenvalue weighted by atomic mass is 35.5. The molecular formula is C25H25Cl2N3O.